The summed E-state index contributed by atoms with van der Waals surface area (Å²) >= 11 is 5.91. The minimum absolute atomic E-state index is 0.184. The summed E-state index contributed by atoms with van der Waals surface area (Å²) in [6.45, 7) is 0. The zero-order valence-corrected chi connectivity index (χ0v) is 10.5. The SMILES string of the molecule is Nc1ccc(Cl)c(C(=O)Nc2cc(F)ccc2N)c1. The summed E-state index contributed by atoms with van der Waals surface area (Å²) in [7, 11) is 0. The van der Waals surface area contributed by atoms with Crippen molar-refractivity contribution >= 4 is 34.6 Å². The van der Waals surface area contributed by atoms with Crippen LogP contribution in [0.3, 0.4) is 0 Å². The zero-order chi connectivity index (χ0) is 14.0. The number of carbonyl (C=O) groups is 1. The molecule has 2 aromatic rings. The van der Waals surface area contributed by atoms with Crippen LogP contribution in [0.4, 0.5) is 21.5 Å². The van der Waals surface area contributed by atoms with E-state index in [1.807, 2.05) is 0 Å². The van der Waals surface area contributed by atoms with Gasteiger partial charge in [-0.1, -0.05) is 11.6 Å². The van der Waals surface area contributed by atoms with Crippen molar-refractivity contribution in [2.45, 2.75) is 0 Å². The van der Waals surface area contributed by atoms with Gasteiger partial charge in [0.1, 0.15) is 5.82 Å². The van der Waals surface area contributed by atoms with Gasteiger partial charge < -0.3 is 16.8 Å². The molecule has 0 saturated carbocycles. The standard InChI is InChI=1S/C13H11ClFN3O/c14-10-3-2-8(16)6-9(10)13(19)18-12-5-7(15)1-4-11(12)17/h1-6H,16-17H2,(H,18,19). The predicted octanol–water partition coefficient (Wildman–Crippen LogP) is 2.90. The first-order valence-corrected chi connectivity index (χ1v) is 5.76. The summed E-state index contributed by atoms with van der Waals surface area (Å²) in [4.78, 5) is 12.0. The highest BCUT2D eigenvalue weighted by atomic mass is 35.5. The number of carbonyl (C=O) groups excluding carboxylic acids is 1. The molecule has 5 N–H and O–H groups in total. The number of nitrogen functional groups attached to an aromatic ring is 2. The first kappa shape index (κ1) is 13.2. The topological polar surface area (TPSA) is 81.1 Å². The predicted molar refractivity (Wildman–Crippen MR) is 74.6 cm³/mol. The van der Waals surface area contributed by atoms with E-state index in [0.29, 0.717) is 5.69 Å². The summed E-state index contributed by atoms with van der Waals surface area (Å²) in [5.74, 6) is -1.00. The van der Waals surface area contributed by atoms with E-state index >= 15 is 0 Å². The molecule has 98 valence electrons. The second-order valence-corrected chi connectivity index (χ2v) is 4.33. The van der Waals surface area contributed by atoms with Gasteiger partial charge in [-0.15, -0.1) is 0 Å². The van der Waals surface area contributed by atoms with Gasteiger partial charge in [-0.3, -0.25) is 4.79 Å². The van der Waals surface area contributed by atoms with Crippen LogP contribution in [0.5, 0.6) is 0 Å². The van der Waals surface area contributed by atoms with Gasteiger partial charge in [0, 0.05) is 5.69 Å². The highest BCUT2D eigenvalue weighted by Gasteiger charge is 2.12. The first-order chi connectivity index (χ1) is 8.97. The van der Waals surface area contributed by atoms with Crippen molar-refractivity contribution < 1.29 is 9.18 Å². The van der Waals surface area contributed by atoms with E-state index in [4.69, 9.17) is 23.1 Å². The molecule has 1 amide bonds. The maximum absolute atomic E-state index is 13.1. The highest BCUT2D eigenvalue weighted by Crippen LogP contribution is 2.23. The Morgan fingerprint density at radius 3 is 2.63 bits per heavy atom. The number of nitrogens with two attached hydrogens (primary N) is 2. The lowest BCUT2D eigenvalue weighted by Crippen LogP contribution is -2.14. The van der Waals surface area contributed by atoms with Gasteiger partial charge >= 0.3 is 0 Å². The second kappa shape index (κ2) is 5.16. The molecule has 0 heterocycles. The van der Waals surface area contributed by atoms with Crippen LogP contribution in [0.25, 0.3) is 0 Å². The summed E-state index contributed by atoms with van der Waals surface area (Å²) in [5, 5.41) is 2.74. The average molecular weight is 280 g/mol. The van der Waals surface area contributed by atoms with Crippen molar-refractivity contribution in [1.29, 1.82) is 0 Å². The third-order valence-corrected chi connectivity index (χ3v) is 2.83. The Kier molecular flexibility index (Phi) is 3.57. The number of hydrogen-bond donors (Lipinski definition) is 3. The molecule has 0 aliphatic carbocycles. The van der Waals surface area contributed by atoms with Gasteiger partial charge in [-0.05, 0) is 36.4 Å². The van der Waals surface area contributed by atoms with E-state index in [1.54, 1.807) is 6.07 Å². The van der Waals surface area contributed by atoms with Crippen molar-refractivity contribution in [3.05, 3.63) is 52.8 Å². The van der Waals surface area contributed by atoms with Crippen molar-refractivity contribution in [2.75, 3.05) is 16.8 Å². The molecule has 0 fully saturated rings. The van der Waals surface area contributed by atoms with Gasteiger partial charge in [0.05, 0.1) is 22.0 Å². The van der Waals surface area contributed by atoms with Gasteiger partial charge in [0.2, 0.25) is 0 Å². The molecule has 2 aromatic carbocycles. The van der Waals surface area contributed by atoms with Crippen LogP contribution in [0, 0.1) is 5.82 Å². The lowest BCUT2D eigenvalue weighted by molar-refractivity contribution is 0.102. The summed E-state index contributed by atoms with van der Waals surface area (Å²) < 4.78 is 13.1. The van der Waals surface area contributed by atoms with Crippen molar-refractivity contribution in [3.8, 4) is 0 Å². The van der Waals surface area contributed by atoms with Crippen molar-refractivity contribution in [1.82, 2.24) is 0 Å². The fourth-order valence-electron chi connectivity index (χ4n) is 1.54. The Balaban J connectivity index is 2.30. The van der Waals surface area contributed by atoms with Crippen LogP contribution in [0.2, 0.25) is 5.02 Å². The number of benzene rings is 2. The van der Waals surface area contributed by atoms with E-state index in [2.05, 4.69) is 5.32 Å². The van der Waals surface area contributed by atoms with Gasteiger partial charge in [0.25, 0.3) is 5.91 Å². The maximum atomic E-state index is 13.1. The van der Waals surface area contributed by atoms with Crippen LogP contribution in [0.1, 0.15) is 10.4 Å². The zero-order valence-electron chi connectivity index (χ0n) is 9.78. The number of nitrogens with one attached hydrogen (secondary N) is 1. The molecule has 0 spiro atoms. The largest absolute Gasteiger partial charge is 0.399 e. The Morgan fingerprint density at radius 2 is 1.89 bits per heavy atom. The quantitative estimate of drug-likeness (QED) is 0.739. The van der Waals surface area contributed by atoms with Gasteiger partial charge in [-0.2, -0.15) is 0 Å². The molecule has 0 atom stereocenters. The molecule has 0 aromatic heterocycles. The summed E-state index contributed by atoms with van der Waals surface area (Å²) in [6.07, 6.45) is 0. The minimum atomic E-state index is -0.505. The molecule has 2 rings (SSSR count). The molecule has 0 saturated heterocycles. The first-order valence-electron chi connectivity index (χ1n) is 5.39. The minimum Gasteiger partial charge on any atom is -0.399 e. The molecule has 0 aliphatic heterocycles. The van der Waals surface area contributed by atoms with E-state index in [0.717, 1.165) is 6.07 Å². The Bertz CT molecular complexity index is 646. The molecule has 0 radical (unpaired) electrons. The second-order valence-electron chi connectivity index (χ2n) is 3.92. The van der Waals surface area contributed by atoms with Crippen LogP contribution in [-0.4, -0.2) is 5.91 Å². The van der Waals surface area contributed by atoms with Gasteiger partial charge in [-0.25, -0.2) is 4.39 Å². The number of anilines is 3. The normalized spacial score (nSPS) is 10.2. The molecule has 19 heavy (non-hydrogen) atoms. The van der Waals surface area contributed by atoms with E-state index in [9.17, 15) is 9.18 Å². The average Bonchev–Trinajstić information content (AvgIpc) is 2.36. The maximum Gasteiger partial charge on any atom is 0.257 e. The molecular weight excluding hydrogens is 269 g/mol. The van der Waals surface area contributed by atoms with Crippen LogP contribution in [-0.2, 0) is 0 Å². The molecule has 0 bridgehead atoms. The summed E-state index contributed by atoms with van der Waals surface area (Å²) in [6, 6.07) is 8.24. The third kappa shape index (κ3) is 2.95. The van der Waals surface area contributed by atoms with Crippen LogP contribution in [0.15, 0.2) is 36.4 Å². The number of halogens is 2. The third-order valence-electron chi connectivity index (χ3n) is 2.50. The van der Waals surface area contributed by atoms with Crippen LogP contribution >= 0.6 is 11.6 Å². The van der Waals surface area contributed by atoms with E-state index in [1.165, 1.54) is 24.3 Å². The Morgan fingerprint density at radius 1 is 1.16 bits per heavy atom. The molecule has 4 nitrogen and oxygen atoms in total. The molecule has 0 aliphatic rings. The van der Waals surface area contributed by atoms with E-state index < -0.39 is 11.7 Å². The van der Waals surface area contributed by atoms with Crippen molar-refractivity contribution in [2.24, 2.45) is 0 Å². The number of hydrogen-bond acceptors (Lipinski definition) is 3. The molecular formula is C13H11ClFN3O. The van der Waals surface area contributed by atoms with Gasteiger partial charge in [0.15, 0.2) is 0 Å². The van der Waals surface area contributed by atoms with E-state index in [-0.39, 0.29) is 22.0 Å². The Hall–Kier alpha value is -2.27. The van der Waals surface area contributed by atoms with Crippen molar-refractivity contribution in [3.63, 3.8) is 0 Å². The fourth-order valence-corrected chi connectivity index (χ4v) is 1.75. The fraction of sp³-hybridized carbons (Fsp3) is 0. The number of rotatable bonds is 2. The number of amides is 1. The smallest absolute Gasteiger partial charge is 0.257 e. The highest BCUT2D eigenvalue weighted by molar-refractivity contribution is 6.34. The van der Waals surface area contributed by atoms with Crippen LogP contribution < -0.4 is 16.8 Å². The lowest BCUT2D eigenvalue weighted by atomic mass is 10.1. The lowest BCUT2D eigenvalue weighted by Gasteiger charge is -2.09. The molecule has 6 heteroatoms. The Labute approximate surface area is 114 Å². The summed E-state index contributed by atoms with van der Waals surface area (Å²) in [5.41, 5.74) is 12.3. The molecule has 0 unspecified atom stereocenters. The monoisotopic (exact) mass is 279 g/mol.